The molecule has 0 aliphatic heterocycles. The summed E-state index contributed by atoms with van der Waals surface area (Å²) >= 11 is 1.64. The molecule has 0 bridgehead atoms. The summed E-state index contributed by atoms with van der Waals surface area (Å²) in [5, 5.41) is 7.15. The van der Waals surface area contributed by atoms with Gasteiger partial charge in [0.05, 0.1) is 18.5 Å². The average molecular weight is 461 g/mol. The normalized spacial score (nSPS) is 11.9. The van der Waals surface area contributed by atoms with Gasteiger partial charge in [-0.15, -0.1) is 35.3 Å². The molecule has 7 nitrogen and oxygen atoms in total. The van der Waals surface area contributed by atoms with E-state index in [1.54, 1.807) is 11.3 Å². The summed E-state index contributed by atoms with van der Waals surface area (Å²) < 4.78 is 24.3. The zero-order valence-electron chi connectivity index (χ0n) is 13.3. The number of halogens is 1. The highest BCUT2D eigenvalue weighted by atomic mass is 127. The summed E-state index contributed by atoms with van der Waals surface area (Å²) in [5.74, 6) is 0.651. The summed E-state index contributed by atoms with van der Waals surface area (Å²) in [6.45, 7) is 8.03. The van der Waals surface area contributed by atoms with Crippen molar-refractivity contribution in [2.24, 2.45) is 4.99 Å². The van der Waals surface area contributed by atoms with Crippen molar-refractivity contribution in [1.29, 1.82) is 0 Å². The third-order valence-corrected chi connectivity index (χ3v) is 4.36. The van der Waals surface area contributed by atoms with Crippen LogP contribution in [-0.2, 0) is 16.6 Å². The van der Waals surface area contributed by atoms with Crippen molar-refractivity contribution in [1.82, 2.24) is 20.3 Å². The Hall–Kier alpha value is -0.460. The van der Waals surface area contributed by atoms with Crippen molar-refractivity contribution in [2.75, 3.05) is 25.9 Å². The van der Waals surface area contributed by atoms with Crippen LogP contribution in [-0.4, -0.2) is 45.3 Å². The molecule has 0 saturated carbocycles. The van der Waals surface area contributed by atoms with E-state index in [-0.39, 0.29) is 24.0 Å². The number of rotatable bonds is 7. The lowest BCUT2D eigenvalue weighted by Gasteiger charge is -2.10. The SMILES string of the molecule is CCNC(=NCc1nc(C)c(C)s1)NCCNS(C)(=O)=O.I. The zero-order chi connectivity index (χ0) is 15.9. The molecule has 0 amide bonds. The average Bonchev–Trinajstić information content (AvgIpc) is 2.70. The predicted octanol–water partition coefficient (Wildman–Crippen LogP) is 0.982. The Kier molecular flexibility index (Phi) is 10.1. The Bertz CT molecular complexity index is 567. The number of sulfonamides is 1. The van der Waals surface area contributed by atoms with Gasteiger partial charge in [-0.2, -0.15) is 0 Å². The van der Waals surface area contributed by atoms with Crippen LogP contribution in [0, 0.1) is 13.8 Å². The maximum Gasteiger partial charge on any atom is 0.208 e. The van der Waals surface area contributed by atoms with Gasteiger partial charge in [-0.3, -0.25) is 0 Å². The molecule has 0 aliphatic rings. The third kappa shape index (κ3) is 8.86. The fraction of sp³-hybridized carbons (Fsp3) is 0.667. The topological polar surface area (TPSA) is 95.5 Å². The molecule has 1 aromatic heterocycles. The van der Waals surface area contributed by atoms with Crippen molar-refractivity contribution >= 4 is 51.3 Å². The van der Waals surface area contributed by atoms with Gasteiger partial charge in [0.2, 0.25) is 10.0 Å². The van der Waals surface area contributed by atoms with Crippen molar-refractivity contribution in [3.63, 3.8) is 0 Å². The first-order valence-corrected chi connectivity index (χ1v) is 9.42. The second-order valence-corrected chi connectivity index (χ2v) is 7.66. The van der Waals surface area contributed by atoms with E-state index in [4.69, 9.17) is 0 Å². The molecule has 0 aliphatic carbocycles. The van der Waals surface area contributed by atoms with Crippen molar-refractivity contribution < 1.29 is 8.42 Å². The number of hydrogen-bond donors (Lipinski definition) is 3. The number of aliphatic imine (C=N–C) groups is 1. The molecule has 0 saturated heterocycles. The van der Waals surface area contributed by atoms with Gasteiger partial charge in [0.15, 0.2) is 5.96 Å². The van der Waals surface area contributed by atoms with Crippen LogP contribution in [0.25, 0.3) is 0 Å². The Morgan fingerprint density at radius 2 is 1.95 bits per heavy atom. The van der Waals surface area contributed by atoms with Gasteiger partial charge in [0, 0.05) is 24.5 Å². The molecule has 0 radical (unpaired) electrons. The van der Waals surface area contributed by atoms with E-state index in [2.05, 4.69) is 25.3 Å². The monoisotopic (exact) mass is 461 g/mol. The largest absolute Gasteiger partial charge is 0.357 e. The first-order valence-electron chi connectivity index (χ1n) is 6.71. The van der Waals surface area contributed by atoms with Gasteiger partial charge in [-0.1, -0.05) is 0 Å². The Morgan fingerprint density at radius 3 is 2.45 bits per heavy atom. The van der Waals surface area contributed by atoms with Crippen LogP contribution in [0.3, 0.4) is 0 Å². The lowest BCUT2D eigenvalue weighted by Crippen LogP contribution is -2.41. The number of hydrogen-bond acceptors (Lipinski definition) is 5. The van der Waals surface area contributed by atoms with Crippen molar-refractivity contribution in [3.8, 4) is 0 Å². The lowest BCUT2D eigenvalue weighted by molar-refractivity contribution is 0.586. The third-order valence-electron chi connectivity index (χ3n) is 2.57. The summed E-state index contributed by atoms with van der Waals surface area (Å²) in [5.41, 5.74) is 1.04. The molecule has 3 N–H and O–H groups in total. The number of thiazole rings is 1. The highest BCUT2D eigenvalue weighted by molar-refractivity contribution is 14.0. The molecule has 0 spiro atoms. The van der Waals surface area contributed by atoms with Crippen LogP contribution in [0.15, 0.2) is 4.99 Å². The molecule has 0 atom stereocenters. The van der Waals surface area contributed by atoms with Crippen LogP contribution in [0.4, 0.5) is 0 Å². The smallest absolute Gasteiger partial charge is 0.208 e. The van der Waals surface area contributed by atoms with Gasteiger partial charge < -0.3 is 10.6 Å². The molecule has 0 fully saturated rings. The molecular weight excluding hydrogens is 437 g/mol. The highest BCUT2D eigenvalue weighted by Gasteiger charge is 2.04. The first kappa shape index (κ1) is 21.5. The van der Waals surface area contributed by atoms with E-state index < -0.39 is 10.0 Å². The minimum atomic E-state index is -3.15. The zero-order valence-corrected chi connectivity index (χ0v) is 17.2. The van der Waals surface area contributed by atoms with E-state index in [0.717, 1.165) is 23.5 Å². The van der Waals surface area contributed by atoms with Crippen LogP contribution >= 0.6 is 35.3 Å². The molecule has 10 heteroatoms. The molecular formula is C12H24IN5O2S2. The number of aromatic nitrogens is 1. The standard InChI is InChI=1S/C12H23N5O2S2.HI/c1-5-13-12(14-6-7-16-21(4,18)19)15-8-11-17-9(2)10(3)20-11;/h16H,5-8H2,1-4H3,(H2,13,14,15);1H. The van der Waals surface area contributed by atoms with Crippen molar-refractivity contribution in [3.05, 3.63) is 15.6 Å². The summed E-state index contributed by atoms with van der Waals surface area (Å²) in [7, 11) is -3.15. The molecule has 1 heterocycles. The molecule has 0 unspecified atom stereocenters. The second kappa shape index (κ2) is 10.3. The molecule has 1 aromatic rings. The van der Waals surface area contributed by atoms with Crippen LogP contribution in [0.2, 0.25) is 0 Å². The van der Waals surface area contributed by atoms with Crippen LogP contribution in [0.1, 0.15) is 22.5 Å². The fourth-order valence-electron chi connectivity index (χ4n) is 1.51. The predicted molar refractivity (Wildman–Crippen MR) is 103 cm³/mol. The Labute approximate surface area is 153 Å². The number of aryl methyl sites for hydroxylation is 2. The summed E-state index contributed by atoms with van der Waals surface area (Å²) in [4.78, 5) is 10.1. The Balaban J connectivity index is 0.00000441. The molecule has 22 heavy (non-hydrogen) atoms. The van der Waals surface area contributed by atoms with Gasteiger partial charge in [0.25, 0.3) is 0 Å². The Morgan fingerprint density at radius 1 is 1.27 bits per heavy atom. The van der Waals surface area contributed by atoms with Crippen LogP contribution < -0.4 is 15.4 Å². The lowest BCUT2D eigenvalue weighted by atomic mass is 10.4. The molecule has 128 valence electrons. The summed E-state index contributed by atoms with van der Waals surface area (Å²) in [6.07, 6.45) is 1.14. The first-order chi connectivity index (χ1) is 9.81. The van der Waals surface area contributed by atoms with E-state index in [9.17, 15) is 8.42 Å². The van der Waals surface area contributed by atoms with E-state index >= 15 is 0 Å². The number of nitrogens with one attached hydrogen (secondary N) is 3. The van der Waals surface area contributed by atoms with E-state index in [0.29, 0.717) is 25.6 Å². The minimum absolute atomic E-state index is 0. The van der Waals surface area contributed by atoms with E-state index in [1.165, 1.54) is 4.88 Å². The van der Waals surface area contributed by atoms with Gasteiger partial charge in [-0.05, 0) is 20.8 Å². The molecule has 1 rings (SSSR count). The van der Waals surface area contributed by atoms with E-state index in [1.807, 2.05) is 20.8 Å². The molecule has 0 aromatic carbocycles. The summed E-state index contributed by atoms with van der Waals surface area (Å²) in [6, 6.07) is 0. The quantitative estimate of drug-likeness (QED) is 0.244. The fourth-order valence-corrected chi connectivity index (χ4v) is 2.84. The van der Waals surface area contributed by atoms with Crippen molar-refractivity contribution in [2.45, 2.75) is 27.3 Å². The number of guanidine groups is 1. The second-order valence-electron chi connectivity index (χ2n) is 4.54. The highest BCUT2D eigenvalue weighted by Crippen LogP contribution is 2.16. The van der Waals surface area contributed by atoms with Gasteiger partial charge in [0.1, 0.15) is 5.01 Å². The minimum Gasteiger partial charge on any atom is -0.357 e. The van der Waals surface area contributed by atoms with Gasteiger partial charge in [-0.25, -0.2) is 23.1 Å². The van der Waals surface area contributed by atoms with Gasteiger partial charge >= 0.3 is 0 Å². The maximum atomic E-state index is 11.0. The number of nitrogens with zero attached hydrogens (tertiary/aromatic N) is 2. The maximum absolute atomic E-state index is 11.0. The van der Waals surface area contributed by atoms with Crippen LogP contribution in [0.5, 0.6) is 0 Å².